The van der Waals surface area contributed by atoms with Crippen LogP contribution in [0.15, 0.2) is 17.5 Å². The summed E-state index contributed by atoms with van der Waals surface area (Å²) < 4.78 is 0. The van der Waals surface area contributed by atoms with Gasteiger partial charge >= 0.3 is 0 Å². The molecule has 0 saturated carbocycles. The second-order valence-corrected chi connectivity index (χ2v) is 8.15. The van der Waals surface area contributed by atoms with Crippen molar-refractivity contribution in [1.82, 2.24) is 15.5 Å². The first kappa shape index (κ1) is 19.9. The number of hydrogen-bond donors (Lipinski definition) is 3. The van der Waals surface area contributed by atoms with Crippen LogP contribution in [0.3, 0.4) is 0 Å². The lowest BCUT2D eigenvalue weighted by Gasteiger charge is -2.32. The van der Waals surface area contributed by atoms with E-state index in [2.05, 4.69) is 33.0 Å². The predicted molar refractivity (Wildman–Crippen MR) is 101 cm³/mol. The van der Waals surface area contributed by atoms with Gasteiger partial charge in [0, 0.05) is 24.5 Å². The van der Waals surface area contributed by atoms with Crippen LogP contribution in [0, 0.1) is 11.8 Å². The van der Waals surface area contributed by atoms with E-state index in [4.69, 9.17) is 5.73 Å². The van der Waals surface area contributed by atoms with Crippen molar-refractivity contribution in [2.24, 2.45) is 17.6 Å². The van der Waals surface area contributed by atoms with Crippen LogP contribution in [-0.4, -0.2) is 48.9 Å². The number of likely N-dealkylation sites (tertiary alicyclic amines) is 1. The minimum Gasteiger partial charge on any atom is -0.354 e. The van der Waals surface area contributed by atoms with Crippen molar-refractivity contribution in [1.29, 1.82) is 0 Å². The van der Waals surface area contributed by atoms with Crippen molar-refractivity contribution in [2.75, 3.05) is 26.2 Å². The minimum atomic E-state index is -0.572. The number of hydrogen-bond acceptors (Lipinski definition) is 5. The fraction of sp³-hybridized carbons (Fsp3) is 0.667. The standard InChI is InChI=1S/C18H30N4O2S/c1-13(2)17(19)18(24)21-10-16(23)20-9-14-5-3-7-22(11-14)12-15-6-4-8-25-15/h4,6,8,13-14,17H,3,5,7,9-12,19H2,1-2H3,(H,20,23)(H,21,24)/t14?,17-/m0/s1. The zero-order chi connectivity index (χ0) is 18.2. The Morgan fingerprint density at radius 3 is 2.88 bits per heavy atom. The Labute approximate surface area is 154 Å². The molecule has 0 spiro atoms. The Morgan fingerprint density at radius 1 is 1.40 bits per heavy atom. The first-order valence-electron chi connectivity index (χ1n) is 9.00. The molecule has 1 aromatic heterocycles. The molecule has 2 heterocycles. The lowest BCUT2D eigenvalue weighted by atomic mass is 9.98. The van der Waals surface area contributed by atoms with Gasteiger partial charge in [-0.2, -0.15) is 0 Å². The minimum absolute atomic E-state index is 0.00904. The fourth-order valence-corrected chi connectivity index (χ4v) is 3.74. The first-order valence-corrected chi connectivity index (χ1v) is 9.88. The number of nitrogens with two attached hydrogens (primary N) is 1. The Kier molecular flexibility index (Phi) is 7.87. The Hall–Kier alpha value is -1.44. The molecule has 0 radical (unpaired) electrons. The number of nitrogens with one attached hydrogen (secondary N) is 2. The Morgan fingerprint density at radius 2 is 2.20 bits per heavy atom. The van der Waals surface area contributed by atoms with Gasteiger partial charge in [0.25, 0.3) is 0 Å². The summed E-state index contributed by atoms with van der Waals surface area (Å²) in [7, 11) is 0. The van der Waals surface area contributed by atoms with Gasteiger partial charge in [0.05, 0.1) is 12.6 Å². The van der Waals surface area contributed by atoms with Gasteiger partial charge in [-0.25, -0.2) is 0 Å². The van der Waals surface area contributed by atoms with E-state index in [-0.39, 0.29) is 24.3 Å². The van der Waals surface area contributed by atoms with Crippen LogP contribution in [-0.2, 0) is 16.1 Å². The van der Waals surface area contributed by atoms with E-state index in [0.717, 1.165) is 32.5 Å². The van der Waals surface area contributed by atoms with Crippen LogP contribution < -0.4 is 16.4 Å². The third-order valence-corrected chi connectivity index (χ3v) is 5.46. The average molecular weight is 367 g/mol. The molecule has 140 valence electrons. The molecule has 7 heteroatoms. The molecular formula is C18H30N4O2S. The normalized spacial score (nSPS) is 19.6. The van der Waals surface area contributed by atoms with Crippen LogP contribution in [0.4, 0.5) is 0 Å². The number of thiophene rings is 1. The fourth-order valence-electron chi connectivity index (χ4n) is 2.99. The second kappa shape index (κ2) is 9.89. The highest BCUT2D eigenvalue weighted by atomic mass is 32.1. The molecule has 0 aliphatic carbocycles. The average Bonchev–Trinajstić information content (AvgIpc) is 3.10. The summed E-state index contributed by atoms with van der Waals surface area (Å²) in [6.07, 6.45) is 2.29. The summed E-state index contributed by atoms with van der Waals surface area (Å²) in [6.45, 7) is 7.53. The van der Waals surface area contributed by atoms with Gasteiger partial charge in [0.15, 0.2) is 0 Å². The molecule has 0 bridgehead atoms. The van der Waals surface area contributed by atoms with Crippen molar-refractivity contribution in [3.63, 3.8) is 0 Å². The van der Waals surface area contributed by atoms with Gasteiger partial charge in [0.2, 0.25) is 11.8 Å². The summed E-state index contributed by atoms with van der Waals surface area (Å²) in [5.41, 5.74) is 5.76. The molecule has 1 aromatic rings. The van der Waals surface area contributed by atoms with Gasteiger partial charge in [0.1, 0.15) is 0 Å². The molecule has 1 unspecified atom stereocenters. The number of piperidine rings is 1. The monoisotopic (exact) mass is 366 g/mol. The molecule has 6 nitrogen and oxygen atoms in total. The zero-order valence-electron chi connectivity index (χ0n) is 15.2. The van der Waals surface area contributed by atoms with Crippen molar-refractivity contribution in [2.45, 2.75) is 39.3 Å². The molecule has 25 heavy (non-hydrogen) atoms. The molecule has 1 aliphatic heterocycles. The lowest BCUT2D eigenvalue weighted by molar-refractivity contribution is -0.127. The zero-order valence-corrected chi connectivity index (χ0v) is 16.0. The van der Waals surface area contributed by atoms with Crippen molar-refractivity contribution >= 4 is 23.2 Å². The summed E-state index contributed by atoms with van der Waals surface area (Å²) in [5.74, 6) is 0.0931. The summed E-state index contributed by atoms with van der Waals surface area (Å²) >= 11 is 1.79. The number of carbonyl (C=O) groups excluding carboxylic acids is 2. The highest BCUT2D eigenvalue weighted by Gasteiger charge is 2.21. The molecule has 1 fully saturated rings. The Balaban J connectivity index is 1.66. The maximum atomic E-state index is 11.9. The van der Waals surface area contributed by atoms with Gasteiger partial charge in [-0.1, -0.05) is 19.9 Å². The van der Waals surface area contributed by atoms with Crippen LogP contribution in [0.2, 0.25) is 0 Å². The molecule has 0 aromatic carbocycles. The molecular weight excluding hydrogens is 336 g/mol. The molecule has 2 atom stereocenters. The third-order valence-electron chi connectivity index (χ3n) is 4.59. The highest BCUT2D eigenvalue weighted by Crippen LogP contribution is 2.19. The van der Waals surface area contributed by atoms with Crippen LogP contribution in [0.1, 0.15) is 31.6 Å². The molecule has 1 saturated heterocycles. The molecule has 4 N–H and O–H groups in total. The first-order chi connectivity index (χ1) is 12.0. The van der Waals surface area contributed by atoms with E-state index in [1.165, 1.54) is 4.88 Å². The van der Waals surface area contributed by atoms with Crippen molar-refractivity contribution < 1.29 is 9.59 Å². The van der Waals surface area contributed by atoms with Gasteiger partial charge in [-0.3, -0.25) is 14.5 Å². The van der Waals surface area contributed by atoms with E-state index in [1.807, 2.05) is 13.8 Å². The van der Waals surface area contributed by atoms with Gasteiger partial charge in [-0.15, -0.1) is 11.3 Å². The van der Waals surface area contributed by atoms with Gasteiger partial charge in [-0.05, 0) is 42.7 Å². The second-order valence-electron chi connectivity index (χ2n) is 7.11. The summed E-state index contributed by atoms with van der Waals surface area (Å²) in [5, 5.41) is 7.65. The quantitative estimate of drug-likeness (QED) is 0.645. The smallest absolute Gasteiger partial charge is 0.239 e. The Bertz CT molecular complexity index is 547. The summed E-state index contributed by atoms with van der Waals surface area (Å²) in [6, 6.07) is 3.68. The van der Waals surface area contributed by atoms with E-state index in [9.17, 15) is 9.59 Å². The molecule has 2 amide bonds. The highest BCUT2D eigenvalue weighted by molar-refractivity contribution is 7.09. The lowest BCUT2D eigenvalue weighted by Crippen LogP contribution is -2.48. The van der Waals surface area contributed by atoms with Crippen molar-refractivity contribution in [3.05, 3.63) is 22.4 Å². The number of carbonyl (C=O) groups is 2. The number of amides is 2. The molecule has 1 aliphatic rings. The van der Waals surface area contributed by atoms with E-state index >= 15 is 0 Å². The topological polar surface area (TPSA) is 87.5 Å². The van der Waals surface area contributed by atoms with Crippen LogP contribution >= 0.6 is 11.3 Å². The maximum Gasteiger partial charge on any atom is 0.239 e. The number of rotatable bonds is 8. The van der Waals surface area contributed by atoms with Crippen LogP contribution in [0.5, 0.6) is 0 Å². The van der Waals surface area contributed by atoms with Crippen LogP contribution in [0.25, 0.3) is 0 Å². The van der Waals surface area contributed by atoms with E-state index in [0.29, 0.717) is 12.5 Å². The van der Waals surface area contributed by atoms with Gasteiger partial charge < -0.3 is 16.4 Å². The third kappa shape index (κ3) is 6.76. The van der Waals surface area contributed by atoms with E-state index < -0.39 is 6.04 Å². The largest absolute Gasteiger partial charge is 0.354 e. The molecule has 2 rings (SSSR count). The van der Waals surface area contributed by atoms with E-state index in [1.54, 1.807) is 11.3 Å². The number of nitrogens with zero attached hydrogens (tertiary/aromatic N) is 1. The SMILES string of the molecule is CC(C)[C@H](N)C(=O)NCC(=O)NCC1CCCN(Cc2cccs2)C1. The van der Waals surface area contributed by atoms with Crippen molar-refractivity contribution in [3.8, 4) is 0 Å². The maximum absolute atomic E-state index is 11.9. The predicted octanol–water partition coefficient (Wildman–Crippen LogP) is 1.18. The summed E-state index contributed by atoms with van der Waals surface area (Å²) in [4.78, 5) is 27.5.